The molecule has 1 aliphatic heterocycles. The van der Waals surface area contributed by atoms with Crippen LogP contribution in [0.5, 0.6) is 5.75 Å². The van der Waals surface area contributed by atoms with E-state index in [0.29, 0.717) is 36.6 Å². The molecule has 128 valence electrons. The van der Waals surface area contributed by atoms with Gasteiger partial charge in [0, 0.05) is 12.1 Å². The van der Waals surface area contributed by atoms with Crippen molar-refractivity contribution < 1.29 is 18.7 Å². The topological polar surface area (TPSA) is 62.6 Å². The molecule has 1 fully saturated rings. The number of hydrogen-bond acceptors (Lipinski definition) is 4. The van der Waals surface area contributed by atoms with Crippen LogP contribution in [0.4, 0.5) is 4.39 Å². The first kappa shape index (κ1) is 16.9. The maximum absolute atomic E-state index is 12.9. The van der Waals surface area contributed by atoms with Crippen molar-refractivity contribution in [2.45, 2.75) is 6.10 Å². The number of halogens is 1. The summed E-state index contributed by atoms with van der Waals surface area (Å²) in [6, 6.07) is 14.4. The Kier molecular flexibility index (Phi) is 5.26. The number of amides is 1. The van der Waals surface area contributed by atoms with Crippen molar-refractivity contribution in [1.29, 1.82) is 5.26 Å². The number of carbonyl (C=O) groups excluding carboxylic acids is 1. The molecule has 0 bridgehead atoms. The molecule has 0 aromatic heterocycles. The fourth-order valence-electron chi connectivity index (χ4n) is 2.63. The molecule has 2 aromatic carbocycles. The fourth-order valence-corrected chi connectivity index (χ4v) is 2.63. The Morgan fingerprint density at radius 3 is 2.88 bits per heavy atom. The Labute approximate surface area is 145 Å². The average molecular weight is 340 g/mol. The summed E-state index contributed by atoms with van der Waals surface area (Å²) in [7, 11) is 0. The Bertz CT molecular complexity index is 786. The van der Waals surface area contributed by atoms with Gasteiger partial charge < -0.3 is 14.4 Å². The van der Waals surface area contributed by atoms with E-state index >= 15 is 0 Å². The van der Waals surface area contributed by atoms with Gasteiger partial charge in [-0.1, -0.05) is 6.07 Å². The van der Waals surface area contributed by atoms with Gasteiger partial charge in [-0.25, -0.2) is 4.39 Å². The van der Waals surface area contributed by atoms with E-state index in [1.807, 2.05) is 6.07 Å². The lowest BCUT2D eigenvalue weighted by molar-refractivity contribution is -0.0401. The highest BCUT2D eigenvalue weighted by molar-refractivity contribution is 5.94. The van der Waals surface area contributed by atoms with E-state index in [1.54, 1.807) is 41.3 Å². The summed E-state index contributed by atoms with van der Waals surface area (Å²) in [4.78, 5) is 14.3. The first-order valence-electron chi connectivity index (χ1n) is 7.95. The second kappa shape index (κ2) is 7.77. The van der Waals surface area contributed by atoms with Crippen LogP contribution in [0.2, 0.25) is 0 Å². The quantitative estimate of drug-likeness (QED) is 0.858. The molecule has 1 atom stereocenters. The number of ether oxygens (including phenoxy) is 2. The van der Waals surface area contributed by atoms with Gasteiger partial charge in [0.05, 0.1) is 24.8 Å². The standard InChI is InChI=1S/C19H17FN2O3/c20-16-4-6-17(7-5-16)25-13-18-12-22(8-9-24-18)19(23)15-3-1-2-14(10-15)11-21/h1-7,10,18H,8-9,12-13H2. The van der Waals surface area contributed by atoms with Crippen molar-refractivity contribution in [3.05, 3.63) is 65.5 Å². The lowest BCUT2D eigenvalue weighted by Gasteiger charge is -2.33. The van der Waals surface area contributed by atoms with Crippen molar-refractivity contribution in [3.63, 3.8) is 0 Å². The number of nitrogens with zero attached hydrogens (tertiary/aromatic N) is 2. The highest BCUT2D eigenvalue weighted by Crippen LogP contribution is 2.15. The lowest BCUT2D eigenvalue weighted by atomic mass is 10.1. The number of nitriles is 1. The molecule has 1 saturated heterocycles. The van der Waals surface area contributed by atoms with Crippen LogP contribution in [0.25, 0.3) is 0 Å². The van der Waals surface area contributed by atoms with Crippen LogP contribution in [0.3, 0.4) is 0 Å². The zero-order chi connectivity index (χ0) is 17.6. The zero-order valence-electron chi connectivity index (χ0n) is 13.5. The minimum atomic E-state index is -0.322. The van der Waals surface area contributed by atoms with E-state index < -0.39 is 0 Å². The summed E-state index contributed by atoms with van der Waals surface area (Å²) in [5, 5.41) is 8.96. The molecule has 3 rings (SSSR count). The lowest BCUT2D eigenvalue weighted by Crippen LogP contribution is -2.47. The van der Waals surface area contributed by atoms with Crippen LogP contribution in [-0.2, 0) is 4.74 Å². The highest BCUT2D eigenvalue weighted by atomic mass is 19.1. The van der Waals surface area contributed by atoms with Gasteiger partial charge in [0.25, 0.3) is 5.91 Å². The first-order valence-corrected chi connectivity index (χ1v) is 7.95. The molecule has 1 heterocycles. The number of rotatable bonds is 4. The summed E-state index contributed by atoms with van der Waals surface area (Å²) >= 11 is 0. The molecule has 0 aliphatic carbocycles. The third kappa shape index (κ3) is 4.34. The summed E-state index contributed by atoms with van der Waals surface area (Å²) in [5.74, 6) is 0.0972. The van der Waals surface area contributed by atoms with Crippen LogP contribution >= 0.6 is 0 Å². The SMILES string of the molecule is N#Cc1cccc(C(=O)N2CCOC(COc3ccc(F)cc3)C2)c1. The minimum absolute atomic E-state index is 0.132. The summed E-state index contributed by atoms with van der Waals surface area (Å²) in [6.07, 6.45) is -0.262. The van der Waals surface area contributed by atoms with Crippen LogP contribution < -0.4 is 4.74 Å². The van der Waals surface area contributed by atoms with Crippen molar-refractivity contribution in [3.8, 4) is 11.8 Å². The number of hydrogen-bond donors (Lipinski definition) is 0. The maximum Gasteiger partial charge on any atom is 0.254 e. The maximum atomic E-state index is 12.9. The monoisotopic (exact) mass is 340 g/mol. The largest absolute Gasteiger partial charge is 0.491 e. The fraction of sp³-hybridized carbons (Fsp3) is 0.263. The summed E-state index contributed by atoms with van der Waals surface area (Å²) in [6.45, 7) is 1.58. The van der Waals surface area contributed by atoms with Crippen LogP contribution in [0, 0.1) is 17.1 Å². The molecule has 2 aromatic rings. The van der Waals surface area contributed by atoms with Crippen LogP contribution in [-0.4, -0.2) is 43.2 Å². The molecule has 1 unspecified atom stereocenters. The third-order valence-electron chi connectivity index (χ3n) is 3.91. The molecule has 6 heteroatoms. The van der Waals surface area contributed by atoms with E-state index in [-0.39, 0.29) is 24.4 Å². The van der Waals surface area contributed by atoms with E-state index in [9.17, 15) is 9.18 Å². The zero-order valence-corrected chi connectivity index (χ0v) is 13.5. The van der Waals surface area contributed by atoms with Crippen molar-refractivity contribution in [2.75, 3.05) is 26.3 Å². The summed E-state index contributed by atoms with van der Waals surface area (Å²) < 4.78 is 24.1. The molecule has 0 radical (unpaired) electrons. The van der Waals surface area contributed by atoms with Gasteiger partial charge in [-0.2, -0.15) is 5.26 Å². The molecular formula is C19H17FN2O3. The van der Waals surface area contributed by atoms with Gasteiger partial charge in [0.1, 0.15) is 24.3 Å². The minimum Gasteiger partial charge on any atom is -0.491 e. The molecule has 1 aliphatic rings. The van der Waals surface area contributed by atoms with E-state index in [2.05, 4.69) is 0 Å². The van der Waals surface area contributed by atoms with Crippen molar-refractivity contribution in [1.82, 2.24) is 4.90 Å². The first-order chi connectivity index (χ1) is 12.2. The van der Waals surface area contributed by atoms with Gasteiger partial charge in [0.2, 0.25) is 0 Å². The van der Waals surface area contributed by atoms with Crippen LogP contribution in [0.15, 0.2) is 48.5 Å². The predicted octanol–water partition coefficient (Wildman–Crippen LogP) is 2.62. The average Bonchev–Trinajstić information content (AvgIpc) is 2.67. The molecule has 0 N–H and O–H groups in total. The number of carbonyl (C=O) groups is 1. The molecule has 1 amide bonds. The normalized spacial score (nSPS) is 17.0. The van der Waals surface area contributed by atoms with E-state index in [0.717, 1.165) is 0 Å². The van der Waals surface area contributed by atoms with Gasteiger partial charge in [-0.05, 0) is 42.5 Å². The summed E-state index contributed by atoms with van der Waals surface area (Å²) in [5.41, 5.74) is 0.939. The van der Waals surface area contributed by atoms with Gasteiger partial charge in [-0.3, -0.25) is 4.79 Å². The molecular weight excluding hydrogens is 323 g/mol. The Balaban J connectivity index is 1.59. The van der Waals surface area contributed by atoms with E-state index in [4.69, 9.17) is 14.7 Å². The highest BCUT2D eigenvalue weighted by Gasteiger charge is 2.25. The van der Waals surface area contributed by atoms with Gasteiger partial charge in [0.15, 0.2) is 0 Å². The smallest absolute Gasteiger partial charge is 0.254 e. The van der Waals surface area contributed by atoms with Crippen LogP contribution in [0.1, 0.15) is 15.9 Å². The second-order valence-corrected chi connectivity index (χ2v) is 5.70. The Morgan fingerprint density at radius 1 is 1.32 bits per heavy atom. The number of benzene rings is 2. The molecule has 0 saturated carbocycles. The number of morpholine rings is 1. The van der Waals surface area contributed by atoms with Crippen molar-refractivity contribution in [2.24, 2.45) is 0 Å². The molecule has 5 nitrogen and oxygen atoms in total. The predicted molar refractivity (Wildman–Crippen MR) is 88.7 cm³/mol. The van der Waals surface area contributed by atoms with Gasteiger partial charge in [-0.15, -0.1) is 0 Å². The molecule has 0 spiro atoms. The van der Waals surface area contributed by atoms with Gasteiger partial charge >= 0.3 is 0 Å². The van der Waals surface area contributed by atoms with E-state index in [1.165, 1.54) is 12.1 Å². The third-order valence-corrected chi connectivity index (χ3v) is 3.91. The van der Waals surface area contributed by atoms with Crippen molar-refractivity contribution >= 4 is 5.91 Å². The Morgan fingerprint density at radius 2 is 2.12 bits per heavy atom. The Hall–Kier alpha value is -2.91. The molecule has 25 heavy (non-hydrogen) atoms. The second-order valence-electron chi connectivity index (χ2n) is 5.70.